The lowest BCUT2D eigenvalue weighted by Crippen LogP contribution is -2.39. The Labute approximate surface area is 110 Å². The molecule has 0 spiro atoms. The maximum Gasteiger partial charge on any atom is 0.220 e. The summed E-state index contributed by atoms with van der Waals surface area (Å²) < 4.78 is 0. The van der Waals surface area contributed by atoms with Crippen LogP contribution in [0.2, 0.25) is 0 Å². The number of likely N-dealkylation sites (tertiary alicyclic amines) is 1. The van der Waals surface area contributed by atoms with E-state index in [-0.39, 0.29) is 28.8 Å². The van der Waals surface area contributed by atoms with Crippen molar-refractivity contribution in [3.8, 4) is 0 Å². The van der Waals surface area contributed by atoms with Crippen LogP contribution in [0.4, 0.5) is 0 Å². The number of piperidine rings is 1. The molecule has 16 heavy (non-hydrogen) atoms. The summed E-state index contributed by atoms with van der Waals surface area (Å²) in [6.07, 6.45) is 4.81. The Morgan fingerprint density at radius 3 is 2.44 bits per heavy atom. The minimum absolute atomic E-state index is 0. The average Bonchev–Trinajstić information content (AvgIpc) is 2.26. The SMILES string of the molecule is Br.CCCCN1CCC(C(C)C(N)=O)CC1. The number of hydrogen-bond donors (Lipinski definition) is 1. The summed E-state index contributed by atoms with van der Waals surface area (Å²) in [5.74, 6) is 0.431. The van der Waals surface area contributed by atoms with Crippen LogP contribution in [0.5, 0.6) is 0 Å². The molecule has 2 N–H and O–H groups in total. The van der Waals surface area contributed by atoms with Crippen LogP contribution < -0.4 is 5.73 Å². The average molecular weight is 293 g/mol. The second-order valence-corrected chi connectivity index (χ2v) is 4.72. The molecule has 96 valence electrons. The number of unbranched alkanes of at least 4 members (excludes halogenated alkanes) is 1. The van der Waals surface area contributed by atoms with Gasteiger partial charge < -0.3 is 10.6 Å². The van der Waals surface area contributed by atoms with Crippen molar-refractivity contribution in [2.24, 2.45) is 17.6 Å². The second kappa shape index (κ2) is 8.07. The van der Waals surface area contributed by atoms with Crippen LogP contribution in [0, 0.1) is 11.8 Å². The lowest BCUT2D eigenvalue weighted by molar-refractivity contribution is -0.123. The fraction of sp³-hybridized carbons (Fsp3) is 0.917. The molecule has 0 aromatic carbocycles. The van der Waals surface area contributed by atoms with Crippen molar-refractivity contribution >= 4 is 22.9 Å². The molecule has 0 bridgehead atoms. The Kier molecular flexibility index (Phi) is 8.02. The largest absolute Gasteiger partial charge is 0.369 e. The van der Waals surface area contributed by atoms with E-state index >= 15 is 0 Å². The van der Waals surface area contributed by atoms with Gasteiger partial charge in [-0.1, -0.05) is 20.3 Å². The lowest BCUT2D eigenvalue weighted by Gasteiger charge is -2.33. The summed E-state index contributed by atoms with van der Waals surface area (Å²) in [5, 5.41) is 0. The van der Waals surface area contributed by atoms with E-state index in [1.165, 1.54) is 19.4 Å². The third-order valence-corrected chi connectivity index (χ3v) is 3.62. The van der Waals surface area contributed by atoms with Crippen molar-refractivity contribution in [1.29, 1.82) is 0 Å². The third kappa shape index (κ3) is 4.83. The summed E-state index contributed by atoms with van der Waals surface area (Å²) >= 11 is 0. The number of hydrogen-bond acceptors (Lipinski definition) is 2. The van der Waals surface area contributed by atoms with Crippen molar-refractivity contribution < 1.29 is 4.79 Å². The molecule has 1 rings (SSSR count). The Bertz CT molecular complexity index is 203. The molecule has 0 aromatic heterocycles. The molecule has 0 radical (unpaired) electrons. The van der Waals surface area contributed by atoms with Crippen LogP contribution in [0.25, 0.3) is 0 Å². The molecule has 1 heterocycles. The highest BCUT2D eigenvalue weighted by Gasteiger charge is 2.26. The molecule has 4 heteroatoms. The second-order valence-electron chi connectivity index (χ2n) is 4.72. The first-order chi connectivity index (χ1) is 7.15. The number of halogens is 1. The van der Waals surface area contributed by atoms with Gasteiger partial charge >= 0.3 is 0 Å². The molecule has 0 aromatic rings. The van der Waals surface area contributed by atoms with Gasteiger partial charge in [-0.2, -0.15) is 0 Å². The first-order valence-corrected chi connectivity index (χ1v) is 6.16. The molecular weight excluding hydrogens is 268 g/mol. The molecule has 1 aliphatic rings. The number of nitrogens with two attached hydrogens (primary N) is 1. The molecule has 1 saturated heterocycles. The maximum absolute atomic E-state index is 11.1. The minimum Gasteiger partial charge on any atom is -0.369 e. The quantitative estimate of drug-likeness (QED) is 0.844. The van der Waals surface area contributed by atoms with Gasteiger partial charge in [0.2, 0.25) is 5.91 Å². The van der Waals surface area contributed by atoms with Gasteiger partial charge in [0, 0.05) is 5.92 Å². The van der Waals surface area contributed by atoms with Gasteiger partial charge in [0.05, 0.1) is 0 Å². The van der Waals surface area contributed by atoms with Gasteiger partial charge in [-0.15, -0.1) is 17.0 Å². The van der Waals surface area contributed by atoms with Crippen molar-refractivity contribution in [3.63, 3.8) is 0 Å². The van der Waals surface area contributed by atoms with Crippen LogP contribution >= 0.6 is 17.0 Å². The molecule has 3 nitrogen and oxygen atoms in total. The van der Waals surface area contributed by atoms with E-state index in [0.717, 1.165) is 25.9 Å². The number of carbonyl (C=O) groups is 1. The highest BCUT2D eigenvalue weighted by molar-refractivity contribution is 8.93. The molecular formula is C12H25BrN2O. The highest BCUT2D eigenvalue weighted by atomic mass is 79.9. The van der Waals surface area contributed by atoms with Gasteiger partial charge in [-0.3, -0.25) is 4.79 Å². The van der Waals surface area contributed by atoms with Crippen molar-refractivity contribution in [2.75, 3.05) is 19.6 Å². The van der Waals surface area contributed by atoms with Crippen LogP contribution in [0.1, 0.15) is 39.5 Å². The molecule has 1 aliphatic heterocycles. The summed E-state index contributed by atoms with van der Waals surface area (Å²) in [7, 11) is 0. The molecule has 1 unspecified atom stereocenters. The maximum atomic E-state index is 11.1. The van der Waals surface area contributed by atoms with E-state index < -0.39 is 0 Å². The normalized spacial score (nSPS) is 20.1. The fourth-order valence-electron chi connectivity index (χ4n) is 2.29. The first kappa shape index (κ1) is 15.9. The van der Waals surface area contributed by atoms with Crippen LogP contribution in [-0.4, -0.2) is 30.4 Å². The first-order valence-electron chi connectivity index (χ1n) is 6.16. The van der Waals surface area contributed by atoms with Crippen LogP contribution in [-0.2, 0) is 4.79 Å². The zero-order valence-electron chi connectivity index (χ0n) is 10.4. The zero-order valence-corrected chi connectivity index (χ0v) is 12.2. The summed E-state index contributed by atoms with van der Waals surface area (Å²) in [6.45, 7) is 7.69. The van der Waals surface area contributed by atoms with Gasteiger partial charge in [0.15, 0.2) is 0 Å². The van der Waals surface area contributed by atoms with Gasteiger partial charge in [0.25, 0.3) is 0 Å². The number of carbonyl (C=O) groups excluding carboxylic acids is 1. The Hall–Kier alpha value is -0.0900. The van der Waals surface area contributed by atoms with E-state index in [1.54, 1.807) is 0 Å². The van der Waals surface area contributed by atoms with E-state index in [1.807, 2.05) is 6.92 Å². The number of rotatable bonds is 5. The Morgan fingerprint density at radius 1 is 1.44 bits per heavy atom. The summed E-state index contributed by atoms with van der Waals surface area (Å²) in [6, 6.07) is 0. The number of amides is 1. The van der Waals surface area contributed by atoms with Gasteiger partial charge in [-0.25, -0.2) is 0 Å². The Balaban J connectivity index is 0.00000225. The molecule has 1 amide bonds. The van der Waals surface area contributed by atoms with Crippen molar-refractivity contribution in [1.82, 2.24) is 4.90 Å². The topological polar surface area (TPSA) is 46.3 Å². The van der Waals surface area contributed by atoms with Gasteiger partial charge in [-0.05, 0) is 44.8 Å². The third-order valence-electron chi connectivity index (χ3n) is 3.62. The Morgan fingerprint density at radius 2 is 2.00 bits per heavy atom. The summed E-state index contributed by atoms with van der Waals surface area (Å²) in [4.78, 5) is 13.6. The van der Waals surface area contributed by atoms with Crippen molar-refractivity contribution in [3.05, 3.63) is 0 Å². The standard InChI is InChI=1S/C12H24N2O.BrH/c1-3-4-7-14-8-5-11(6-9-14)10(2)12(13)15;/h10-11H,3-9H2,1-2H3,(H2,13,15);1H. The zero-order chi connectivity index (χ0) is 11.3. The van der Waals surface area contributed by atoms with Crippen LogP contribution in [0.3, 0.4) is 0 Å². The predicted molar refractivity (Wildman–Crippen MR) is 72.8 cm³/mol. The molecule has 0 saturated carbocycles. The smallest absolute Gasteiger partial charge is 0.220 e. The van der Waals surface area contributed by atoms with E-state index in [9.17, 15) is 4.79 Å². The summed E-state index contributed by atoms with van der Waals surface area (Å²) in [5.41, 5.74) is 5.33. The van der Waals surface area contributed by atoms with Crippen LogP contribution in [0.15, 0.2) is 0 Å². The van der Waals surface area contributed by atoms with E-state index in [4.69, 9.17) is 5.73 Å². The minimum atomic E-state index is -0.137. The van der Waals surface area contributed by atoms with E-state index in [0.29, 0.717) is 5.92 Å². The molecule has 1 fully saturated rings. The highest BCUT2D eigenvalue weighted by Crippen LogP contribution is 2.24. The van der Waals surface area contributed by atoms with Gasteiger partial charge in [0.1, 0.15) is 0 Å². The fourth-order valence-corrected chi connectivity index (χ4v) is 2.29. The van der Waals surface area contributed by atoms with E-state index in [2.05, 4.69) is 11.8 Å². The monoisotopic (exact) mass is 292 g/mol. The molecule has 0 aliphatic carbocycles. The molecule has 1 atom stereocenters. The van der Waals surface area contributed by atoms with Crippen molar-refractivity contribution in [2.45, 2.75) is 39.5 Å². The predicted octanol–water partition coefficient (Wildman–Crippen LogP) is 2.20. The number of primary amides is 1. The lowest BCUT2D eigenvalue weighted by atomic mass is 9.85. The number of nitrogens with zero attached hydrogens (tertiary/aromatic N) is 1.